The molecular weight excluding hydrogens is 329 g/mol. The number of nitrogens with one attached hydrogen (secondary N) is 2. The van der Waals surface area contributed by atoms with Gasteiger partial charge in [-0.15, -0.1) is 0 Å². The van der Waals surface area contributed by atoms with Crippen molar-refractivity contribution in [1.82, 2.24) is 20.4 Å². The molecule has 134 valence electrons. The first-order chi connectivity index (χ1) is 12.8. The van der Waals surface area contributed by atoms with Gasteiger partial charge >= 0.3 is 0 Å². The predicted octanol–water partition coefficient (Wildman–Crippen LogP) is 2.92. The minimum absolute atomic E-state index is 0.175. The molecule has 1 heterocycles. The molecule has 6 heteroatoms. The number of rotatable bonds is 6. The normalized spacial score (nSPS) is 11.4. The van der Waals surface area contributed by atoms with Gasteiger partial charge in [0.25, 0.3) is 0 Å². The highest BCUT2D eigenvalue weighted by molar-refractivity contribution is 5.79. The third-order valence-corrected chi connectivity index (χ3v) is 3.98. The molecule has 0 bridgehead atoms. The second-order valence-corrected chi connectivity index (χ2v) is 5.82. The fourth-order valence-electron chi connectivity index (χ4n) is 2.60. The number of aromatic nitrogens is 2. The summed E-state index contributed by atoms with van der Waals surface area (Å²) in [5.74, 6) is 0.499. The molecule has 0 spiro atoms. The number of halogens is 1. The van der Waals surface area contributed by atoms with Crippen LogP contribution in [0.1, 0.15) is 11.1 Å². The molecule has 1 aromatic heterocycles. The number of hydrogen-bond donors (Lipinski definition) is 2. The van der Waals surface area contributed by atoms with Gasteiger partial charge in [-0.05, 0) is 30.2 Å². The molecule has 2 N–H and O–H groups in total. The number of aliphatic imine (C=N–C) groups is 1. The smallest absolute Gasteiger partial charge is 0.191 e. The molecule has 0 aliphatic rings. The summed E-state index contributed by atoms with van der Waals surface area (Å²) in [7, 11) is 1.71. The molecule has 0 amide bonds. The van der Waals surface area contributed by atoms with Crippen LogP contribution in [0.5, 0.6) is 0 Å². The van der Waals surface area contributed by atoms with E-state index in [2.05, 4.69) is 20.7 Å². The molecule has 0 saturated heterocycles. The van der Waals surface area contributed by atoms with Crippen LogP contribution in [-0.4, -0.2) is 29.3 Å². The van der Waals surface area contributed by atoms with Crippen LogP contribution >= 0.6 is 0 Å². The summed E-state index contributed by atoms with van der Waals surface area (Å²) >= 11 is 0. The maximum atomic E-state index is 13.6. The molecule has 5 nitrogen and oxygen atoms in total. The van der Waals surface area contributed by atoms with E-state index in [0.29, 0.717) is 31.0 Å². The Labute approximate surface area is 152 Å². The largest absolute Gasteiger partial charge is 0.356 e. The van der Waals surface area contributed by atoms with Crippen molar-refractivity contribution in [1.29, 1.82) is 0 Å². The van der Waals surface area contributed by atoms with Crippen molar-refractivity contribution in [2.75, 3.05) is 13.6 Å². The van der Waals surface area contributed by atoms with Crippen LogP contribution in [-0.2, 0) is 13.0 Å². The van der Waals surface area contributed by atoms with Gasteiger partial charge in [0.15, 0.2) is 5.96 Å². The van der Waals surface area contributed by atoms with Crippen molar-refractivity contribution in [2.45, 2.75) is 13.0 Å². The van der Waals surface area contributed by atoms with E-state index in [0.717, 1.165) is 11.3 Å². The summed E-state index contributed by atoms with van der Waals surface area (Å²) in [5, 5.41) is 10.8. The monoisotopic (exact) mass is 351 g/mol. The zero-order valence-electron chi connectivity index (χ0n) is 14.7. The van der Waals surface area contributed by atoms with Crippen LogP contribution in [0.3, 0.4) is 0 Å². The lowest BCUT2D eigenvalue weighted by molar-refractivity contribution is 0.606. The zero-order valence-corrected chi connectivity index (χ0v) is 14.7. The van der Waals surface area contributed by atoms with Crippen LogP contribution in [0.15, 0.2) is 72.0 Å². The van der Waals surface area contributed by atoms with Crippen molar-refractivity contribution in [2.24, 2.45) is 4.99 Å². The Morgan fingerprint density at radius 1 is 1.08 bits per heavy atom. The topological polar surface area (TPSA) is 54.2 Å². The van der Waals surface area contributed by atoms with Crippen LogP contribution in [0.25, 0.3) is 5.69 Å². The van der Waals surface area contributed by atoms with Gasteiger partial charge in [-0.3, -0.25) is 4.99 Å². The summed E-state index contributed by atoms with van der Waals surface area (Å²) in [6.07, 6.45) is 4.40. The molecular formula is C20H22FN5. The summed E-state index contributed by atoms with van der Waals surface area (Å²) in [6.45, 7) is 1.20. The summed E-state index contributed by atoms with van der Waals surface area (Å²) in [6, 6.07) is 16.8. The maximum absolute atomic E-state index is 13.6. The minimum atomic E-state index is -0.175. The third kappa shape index (κ3) is 4.69. The van der Waals surface area contributed by atoms with Crippen LogP contribution in [0.2, 0.25) is 0 Å². The highest BCUT2D eigenvalue weighted by Crippen LogP contribution is 2.08. The first kappa shape index (κ1) is 17.7. The van der Waals surface area contributed by atoms with E-state index >= 15 is 0 Å². The van der Waals surface area contributed by atoms with Crippen molar-refractivity contribution < 1.29 is 4.39 Å². The first-order valence-electron chi connectivity index (χ1n) is 8.53. The van der Waals surface area contributed by atoms with E-state index in [4.69, 9.17) is 0 Å². The Hall–Kier alpha value is -3.15. The van der Waals surface area contributed by atoms with Crippen molar-refractivity contribution >= 4 is 5.96 Å². The highest BCUT2D eigenvalue weighted by Gasteiger charge is 2.04. The van der Waals surface area contributed by atoms with Gasteiger partial charge in [-0.25, -0.2) is 9.07 Å². The van der Waals surface area contributed by atoms with Gasteiger partial charge in [0.05, 0.1) is 11.9 Å². The molecule has 2 aromatic carbocycles. The van der Waals surface area contributed by atoms with E-state index in [9.17, 15) is 4.39 Å². The molecule has 0 saturated carbocycles. The van der Waals surface area contributed by atoms with Crippen molar-refractivity contribution in [3.8, 4) is 5.69 Å². The Morgan fingerprint density at radius 2 is 1.85 bits per heavy atom. The molecule has 0 atom stereocenters. The third-order valence-electron chi connectivity index (χ3n) is 3.98. The molecule has 0 fully saturated rings. The molecule has 0 radical (unpaired) electrons. The minimum Gasteiger partial charge on any atom is -0.356 e. The van der Waals surface area contributed by atoms with Crippen molar-refractivity contribution in [3.05, 3.63) is 83.9 Å². The number of benzene rings is 2. The SMILES string of the molecule is CN=C(NCCc1ccccc1F)NCc1cnn(-c2ccccc2)c1. The fourth-order valence-corrected chi connectivity index (χ4v) is 2.60. The average Bonchev–Trinajstić information content (AvgIpc) is 3.16. The number of nitrogens with zero attached hydrogens (tertiary/aromatic N) is 3. The van der Waals surface area contributed by atoms with Gasteiger partial charge in [-0.2, -0.15) is 5.10 Å². The van der Waals surface area contributed by atoms with Gasteiger partial charge in [0, 0.05) is 31.9 Å². The standard InChI is InChI=1S/C20H22FN5/c1-22-20(23-12-11-17-7-5-6-10-19(17)21)24-13-16-14-25-26(15-16)18-8-3-2-4-9-18/h2-10,14-15H,11-13H2,1H3,(H2,22,23,24). The van der Waals surface area contributed by atoms with Gasteiger partial charge < -0.3 is 10.6 Å². The average molecular weight is 351 g/mol. The highest BCUT2D eigenvalue weighted by atomic mass is 19.1. The molecule has 0 unspecified atom stereocenters. The molecule has 0 aliphatic heterocycles. The lowest BCUT2D eigenvalue weighted by Gasteiger charge is -2.11. The van der Waals surface area contributed by atoms with E-state index in [1.165, 1.54) is 6.07 Å². The van der Waals surface area contributed by atoms with E-state index in [1.54, 1.807) is 19.2 Å². The Kier molecular flexibility index (Phi) is 5.98. The zero-order chi connectivity index (χ0) is 18.2. The number of guanidine groups is 1. The second-order valence-electron chi connectivity index (χ2n) is 5.82. The van der Waals surface area contributed by atoms with E-state index in [1.807, 2.05) is 53.5 Å². The van der Waals surface area contributed by atoms with Crippen LogP contribution < -0.4 is 10.6 Å². The van der Waals surface area contributed by atoms with Crippen LogP contribution in [0.4, 0.5) is 4.39 Å². The summed E-state index contributed by atoms with van der Waals surface area (Å²) in [5.41, 5.74) is 2.76. The van der Waals surface area contributed by atoms with E-state index < -0.39 is 0 Å². The van der Waals surface area contributed by atoms with Gasteiger partial charge in [-0.1, -0.05) is 36.4 Å². The fraction of sp³-hybridized carbons (Fsp3) is 0.200. The molecule has 3 aromatic rings. The second kappa shape index (κ2) is 8.80. The molecule has 26 heavy (non-hydrogen) atoms. The van der Waals surface area contributed by atoms with Crippen LogP contribution in [0, 0.1) is 5.82 Å². The lowest BCUT2D eigenvalue weighted by Crippen LogP contribution is -2.37. The van der Waals surface area contributed by atoms with Gasteiger partial charge in [0.2, 0.25) is 0 Å². The molecule has 0 aliphatic carbocycles. The Bertz CT molecular complexity index is 857. The maximum Gasteiger partial charge on any atom is 0.191 e. The number of para-hydroxylation sites is 1. The quantitative estimate of drug-likeness (QED) is 0.530. The van der Waals surface area contributed by atoms with Crippen molar-refractivity contribution in [3.63, 3.8) is 0 Å². The predicted molar refractivity (Wildman–Crippen MR) is 102 cm³/mol. The molecule has 3 rings (SSSR count). The summed E-state index contributed by atoms with van der Waals surface area (Å²) in [4.78, 5) is 4.20. The Balaban J connectivity index is 1.49. The summed E-state index contributed by atoms with van der Waals surface area (Å²) < 4.78 is 15.5. The Morgan fingerprint density at radius 3 is 2.62 bits per heavy atom. The van der Waals surface area contributed by atoms with E-state index in [-0.39, 0.29) is 5.82 Å². The van der Waals surface area contributed by atoms with Gasteiger partial charge in [0.1, 0.15) is 5.82 Å². The number of hydrogen-bond acceptors (Lipinski definition) is 2. The lowest BCUT2D eigenvalue weighted by atomic mass is 10.1. The first-order valence-corrected chi connectivity index (χ1v) is 8.53.